The van der Waals surface area contributed by atoms with Crippen molar-refractivity contribution in [1.82, 2.24) is 5.32 Å². The van der Waals surface area contributed by atoms with Crippen LogP contribution in [0.1, 0.15) is 51.6 Å². The monoisotopic (exact) mass is 231 g/mol. The molecular weight excluding hydrogens is 206 g/mol. The van der Waals surface area contributed by atoms with Crippen LogP contribution < -0.4 is 5.32 Å². The minimum absolute atomic E-state index is 0.405. The summed E-state index contributed by atoms with van der Waals surface area (Å²) < 4.78 is 0. The molecule has 1 aromatic rings. The Balaban J connectivity index is 1.99. The zero-order valence-electron chi connectivity index (χ0n) is 11.4. The van der Waals surface area contributed by atoms with Crippen LogP contribution in [0.5, 0.6) is 0 Å². The zero-order chi connectivity index (χ0) is 12.3. The molecule has 0 bridgehead atoms. The second kappa shape index (κ2) is 5.22. The van der Waals surface area contributed by atoms with E-state index in [2.05, 4.69) is 56.4 Å². The third-order valence-electron chi connectivity index (χ3n) is 4.01. The molecule has 1 nitrogen and oxygen atoms in total. The average Bonchev–Trinajstić information content (AvgIpc) is 3.15. The van der Waals surface area contributed by atoms with Crippen LogP contribution in [0.4, 0.5) is 0 Å². The first-order valence-corrected chi connectivity index (χ1v) is 6.91. The number of rotatable bonds is 6. The molecule has 1 N–H and O–H groups in total. The molecule has 1 aliphatic rings. The lowest BCUT2D eigenvalue weighted by Gasteiger charge is -2.27. The predicted molar refractivity (Wildman–Crippen MR) is 74.0 cm³/mol. The van der Waals surface area contributed by atoms with Crippen molar-refractivity contribution in [3.05, 3.63) is 35.9 Å². The molecule has 94 valence electrons. The zero-order valence-corrected chi connectivity index (χ0v) is 11.4. The lowest BCUT2D eigenvalue weighted by molar-refractivity contribution is 0.300. The first kappa shape index (κ1) is 12.6. The third-order valence-corrected chi connectivity index (χ3v) is 4.01. The van der Waals surface area contributed by atoms with E-state index in [-0.39, 0.29) is 0 Å². The Morgan fingerprint density at radius 2 is 1.88 bits per heavy atom. The lowest BCUT2D eigenvalue weighted by atomic mass is 9.89. The van der Waals surface area contributed by atoms with Crippen molar-refractivity contribution in [2.45, 2.75) is 46.1 Å². The van der Waals surface area contributed by atoms with Crippen LogP contribution in [-0.2, 0) is 0 Å². The highest BCUT2D eigenvalue weighted by atomic mass is 14.9. The largest absolute Gasteiger partial charge is 0.309 e. The molecule has 2 rings (SSSR count). The minimum Gasteiger partial charge on any atom is -0.309 e. The minimum atomic E-state index is 0.405. The van der Waals surface area contributed by atoms with Gasteiger partial charge in [-0.1, -0.05) is 51.1 Å². The van der Waals surface area contributed by atoms with Gasteiger partial charge < -0.3 is 5.32 Å². The summed E-state index contributed by atoms with van der Waals surface area (Å²) in [4.78, 5) is 0. The highest BCUT2D eigenvalue weighted by Crippen LogP contribution is 2.41. The number of nitrogens with one attached hydrogen (secondary N) is 1. The Morgan fingerprint density at radius 3 is 2.41 bits per heavy atom. The van der Waals surface area contributed by atoms with Gasteiger partial charge >= 0.3 is 0 Å². The molecule has 0 spiro atoms. The van der Waals surface area contributed by atoms with Gasteiger partial charge in [-0.25, -0.2) is 0 Å². The van der Waals surface area contributed by atoms with Crippen LogP contribution >= 0.6 is 0 Å². The van der Waals surface area contributed by atoms with E-state index in [0.29, 0.717) is 11.5 Å². The molecule has 0 aliphatic heterocycles. The summed E-state index contributed by atoms with van der Waals surface area (Å²) in [5, 5.41) is 3.79. The number of hydrogen-bond acceptors (Lipinski definition) is 1. The summed E-state index contributed by atoms with van der Waals surface area (Å²) in [5.41, 5.74) is 1.86. The van der Waals surface area contributed by atoms with Gasteiger partial charge in [-0.15, -0.1) is 0 Å². The van der Waals surface area contributed by atoms with Crippen molar-refractivity contribution in [1.29, 1.82) is 0 Å². The second-order valence-corrected chi connectivity index (χ2v) is 6.12. The molecule has 1 fully saturated rings. The van der Waals surface area contributed by atoms with Crippen LogP contribution in [-0.4, -0.2) is 6.54 Å². The maximum absolute atomic E-state index is 3.79. The Labute approximate surface area is 106 Å². The molecule has 1 unspecified atom stereocenters. The van der Waals surface area contributed by atoms with E-state index in [1.54, 1.807) is 0 Å². The molecule has 0 amide bonds. The maximum atomic E-state index is 3.79. The SMILES string of the molecule is CCC(C)(C)CNC(c1ccccc1)C1CC1. The summed E-state index contributed by atoms with van der Waals surface area (Å²) in [6.07, 6.45) is 4.00. The van der Waals surface area contributed by atoms with Crippen molar-refractivity contribution < 1.29 is 0 Å². The Hall–Kier alpha value is -0.820. The molecule has 1 aromatic carbocycles. The van der Waals surface area contributed by atoms with E-state index >= 15 is 0 Å². The molecule has 1 heteroatoms. The van der Waals surface area contributed by atoms with E-state index < -0.39 is 0 Å². The number of benzene rings is 1. The molecule has 1 saturated carbocycles. The fraction of sp³-hybridized carbons (Fsp3) is 0.625. The van der Waals surface area contributed by atoms with E-state index in [1.165, 1.54) is 24.8 Å². The first-order valence-electron chi connectivity index (χ1n) is 6.91. The molecule has 17 heavy (non-hydrogen) atoms. The van der Waals surface area contributed by atoms with Gasteiger partial charge in [0.15, 0.2) is 0 Å². The van der Waals surface area contributed by atoms with Gasteiger partial charge in [-0.05, 0) is 36.2 Å². The molecule has 0 saturated heterocycles. The number of hydrogen-bond donors (Lipinski definition) is 1. The van der Waals surface area contributed by atoms with Crippen LogP contribution in [0.2, 0.25) is 0 Å². The van der Waals surface area contributed by atoms with Crippen molar-refractivity contribution >= 4 is 0 Å². The van der Waals surface area contributed by atoms with Crippen LogP contribution in [0.3, 0.4) is 0 Å². The highest BCUT2D eigenvalue weighted by molar-refractivity contribution is 5.21. The molecular formula is C16H25N. The molecule has 0 aromatic heterocycles. The standard InChI is InChI=1S/C16H25N/c1-4-16(2,3)12-17-15(14-10-11-14)13-8-6-5-7-9-13/h5-9,14-15,17H,4,10-12H2,1-3H3. The van der Waals surface area contributed by atoms with E-state index in [0.717, 1.165) is 12.5 Å². The maximum Gasteiger partial charge on any atom is 0.0348 e. The van der Waals surface area contributed by atoms with Gasteiger partial charge in [0, 0.05) is 12.6 Å². The molecule has 0 heterocycles. The summed E-state index contributed by atoms with van der Waals surface area (Å²) in [5.74, 6) is 0.866. The molecule has 0 radical (unpaired) electrons. The topological polar surface area (TPSA) is 12.0 Å². The lowest BCUT2D eigenvalue weighted by Crippen LogP contribution is -2.33. The summed E-state index contributed by atoms with van der Waals surface area (Å²) in [6, 6.07) is 11.5. The highest BCUT2D eigenvalue weighted by Gasteiger charge is 2.32. The fourth-order valence-corrected chi connectivity index (χ4v) is 2.16. The second-order valence-electron chi connectivity index (χ2n) is 6.12. The quantitative estimate of drug-likeness (QED) is 0.775. The van der Waals surface area contributed by atoms with E-state index in [9.17, 15) is 0 Å². The van der Waals surface area contributed by atoms with Gasteiger partial charge in [-0.3, -0.25) is 0 Å². The normalized spacial score (nSPS) is 18.1. The van der Waals surface area contributed by atoms with Crippen molar-refractivity contribution in [2.24, 2.45) is 11.3 Å². The summed E-state index contributed by atoms with van der Waals surface area (Å²) in [7, 11) is 0. The van der Waals surface area contributed by atoms with Crippen molar-refractivity contribution in [2.75, 3.05) is 6.54 Å². The fourth-order valence-electron chi connectivity index (χ4n) is 2.16. The van der Waals surface area contributed by atoms with Crippen LogP contribution in [0.25, 0.3) is 0 Å². The van der Waals surface area contributed by atoms with E-state index in [4.69, 9.17) is 0 Å². The Morgan fingerprint density at radius 1 is 1.24 bits per heavy atom. The smallest absolute Gasteiger partial charge is 0.0348 e. The molecule has 1 atom stereocenters. The summed E-state index contributed by atoms with van der Waals surface area (Å²) >= 11 is 0. The van der Waals surface area contributed by atoms with E-state index in [1.807, 2.05) is 0 Å². The van der Waals surface area contributed by atoms with Crippen LogP contribution in [0.15, 0.2) is 30.3 Å². The Bertz CT molecular complexity index is 338. The average molecular weight is 231 g/mol. The van der Waals surface area contributed by atoms with Gasteiger partial charge in [0.1, 0.15) is 0 Å². The van der Waals surface area contributed by atoms with Crippen molar-refractivity contribution in [3.63, 3.8) is 0 Å². The summed E-state index contributed by atoms with van der Waals surface area (Å²) in [6.45, 7) is 8.07. The molecule has 1 aliphatic carbocycles. The Kier molecular flexibility index (Phi) is 3.88. The van der Waals surface area contributed by atoms with Crippen molar-refractivity contribution in [3.8, 4) is 0 Å². The third kappa shape index (κ3) is 3.57. The van der Waals surface area contributed by atoms with Gasteiger partial charge in [-0.2, -0.15) is 0 Å². The van der Waals surface area contributed by atoms with Gasteiger partial charge in [0.25, 0.3) is 0 Å². The van der Waals surface area contributed by atoms with Gasteiger partial charge in [0.2, 0.25) is 0 Å². The predicted octanol–water partition coefficient (Wildman–Crippen LogP) is 4.16. The van der Waals surface area contributed by atoms with Gasteiger partial charge in [0.05, 0.1) is 0 Å². The first-order chi connectivity index (χ1) is 8.12. The van der Waals surface area contributed by atoms with Crippen LogP contribution in [0, 0.1) is 11.3 Å².